The summed E-state index contributed by atoms with van der Waals surface area (Å²) in [4.78, 5) is 41.4. The first-order valence-corrected chi connectivity index (χ1v) is 7.94. The number of carbonyl (C=O) groups excluding carboxylic acids is 1. The molecule has 0 aliphatic carbocycles. The van der Waals surface area contributed by atoms with Gasteiger partial charge in [-0.3, -0.25) is 18.7 Å². The number of hydrogen-bond donors (Lipinski definition) is 1. The van der Waals surface area contributed by atoms with Gasteiger partial charge >= 0.3 is 5.69 Å². The van der Waals surface area contributed by atoms with Crippen LogP contribution in [0.25, 0.3) is 11.2 Å². The number of nitrogens with zero attached hydrogens (tertiary/aromatic N) is 4. The third kappa shape index (κ3) is 2.75. The summed E-state index contributed by atoms with van der Waals surface area (Å²) in [7, 11) is 2.96. The predicted octanol–water partition coefficient (Wildman–Crippen LogP) is 1.02. The fourth-order valence-electron chi connectivity index (χ4n) is 2.86. The van der Waals surface area contributed by atoms with Crippen molar-refractivity contribution in [2.45, 2.75) is 19.4 Å². The molecule has 8 nitrogen and oxygen atoms in total. The summed E-state index contributed by atoms with van der Waals surface area (Å²) >= 11 is 0. The van der Waals surface area contributed by atoms with Crippen LogP contribution in [-0.2, 0) is 18.9 Å². The summed E-state index contributed by atoms with van der Waals surface area (Å²) in [5, 5.41) is 2.84. The van der Waals surface area contributed by atoms with E-state index in [1.807, 2.05) is 25.1 Å². The highest BCUT2D eigenvalue weighted by Crippen LogP contribution is 2.19. The van der Waals surface area contributed by atoms with E-state index in [4.69, 9.17) is 0 Å². The number of imidazole rings is 1. The zero-order valence-corrected chi connectivity index (χ0v) is 14.3. The number of carbonyl (C=O) groups is 1. The van der Waals surface area contributed by atoms with Gasteiger partial charge in [0.15, 0.2) is 11.2 Å². The second-order valence-corrected chi connectivity index (χ2v) is 5.81. The average Bonchev–Trinajstić information content (AvgIpc) is 3.04. The average molecular weight is 341 g/mol. The molecule has 1 N–H and O–H groups in total. The van der Waals surface area contributed by atoms with Crippen LogP contribution < -0.4 is 16.6 Å². The molecule has 8 heteroatoms. The molecule has 1 atom stereocenters. The molecule has 2 heterocycles. The zero-order chi connectivity index (χ0) is 18.1. The molecule has 1 aromatic carbocycles. The normalized spacial score (nSPS) is 12.3. The molecule has 3 aromatic rings. The van der Waals surface area contributed by atoms with Crippen LogP contribution in [0, 0.1) is 0 Å². The van der Waals surface area contributed by atoms with Gasteiger partial charge in [-0.2, -0.15) is 0 Å². The van der Waals surface area contributed by atoms with Gasteiger partial charge in [-0.05, 0) is 18.6 Å². The molecule has 0 spiro atoms. The smallest absolute Gasteiger partial charge is 0.324 e. The maximum atomic E-state index is 12.7. The molecular weight excluding hydrogens is 322 g/mol. The van der Waals surface area contributed by atoms with Crippen LogP contribution in [0.1, 0.15) is 19.4 Å². The van der Waals surface area contributed by atoms with Crippen molar-refractivity contribution in [3.63, 3.8) is 0 Å². The third-order valence-electron chi connectivity index (χ3n) is 4.24. The zero-order valence-electron chi connectivity index (χ0n) is 14.3. The summed E-state index contributed by atoms with van der Waals surface area (Å²) in [5.74, 6) is -0.246. The second kappa shape index (κ2) is 6.39. The van der Waals surface area contributed by atoms with E-state index in [2.05, 4.69) is 10.3 Å². The van der Waals surface area contributed by atoms with Gasteiger partial charge in [0.25, 0.3) is 5.56 Å². The molecule has 1 amide bonds. The molecule has 3 rings (SSSR count). The van der Waals surface area contributed by atoms with Crippen molar-refractivity contribution in [1.82, 2.24) is 18.7 Å². The second-order valence-electron chi connectivity index (χ2n) is 5.81. The van der Waals surface area contributed by atoms with Gasteiger partial charge in [0.2, 0.25) is 5.91 Å². The van der Waals surface area contributed by atoms with E-state index in [0.29, 0.717) is 12.1 Å². The lowest BCUT2D eigenvalue weighted by molar-refractivity contribution is -0.119. The summed E-state index contributed by atoms with van der Waals surface area (Å²) in [5.41, 5.74) is 0.250. The summed E-state index contributed by atoms with van der Waals surface area (Å²) in [6.45, 7) is 1.85. The highest BCUT2D eigenvalue weighted by atomic mass is 16.2. The number of para-hydroxylation sites is 1. The molecule has 0 aliphatic rings. The van der Waals surface area contributed by atoms with Crippen LogP contribution in [-0.4, -0.2) is 24.6 Å². The van der Waals surface area contributed by atoms with Crippen LogP contribution in [0.15, 0.2) is 46.2 Å². The first kappa shape index (κ1) is 16.7. The Morgan fingerprint density at radius 3 is 2.48 bits per heavy atom. The van der Waals surface area contributed by atoms with E-state index in [-0.39, 0.29) is 17.1 Å². The lowest BCUT2D eigenvalue weighted by Gasteiger charge is -2.17. The number of rotatable bonds is 4. The highest BCUT2D eigenvalue weighted by Gasteiger charge is 2.24. The maximum absolute atomic E-state index is 12.7. The van der Waals surface area contributed by atoms with Crippen LogP contribution in [0.2, 0.25) is 0 Å². The number of hydrogen-bond acceptors (Lipinski definition) is 4. The molecule has 0 saturated heterocycles. The number of nitrogens with one attached hydrogen (secondary N) is 1. The number of fused-ring (bicyclic) bond motifs is 1. The molecule has 2 aromatic heterocycles. The van der Waals surface area contributed by atoms with Crippen molar-refractivity contribution in [2.24, 2.45) is 14.1 Å². The predicted molar refractivity (Wildman–Crippen MR) is 94.6 cm³/mol. The molecule has 0 saturated carbocycles. The number of aryl methyl sites for hydroxylation is 1. The van der Waals surface area contributed by atoms with Crippen molar-refractivity contribution in [1.29, 1.82) is 0 Å². The van der Waals surface area contributed by atoms with E-state index < -0.39 is 17.3 Å². The fourth-order valence-corrected chi connectivity index (χ4v) is 2.86. The minimum atomic E-state index is -0.615. The largest absolute Gasteiger partial charge is 0.332 e. The fraction of sp³-hybridized carbons (Fsp3) is 0.294. The van der Waals surface area contributed by atoms with Crippen LogP contribution in [0.4, 0.5) is 5.69 Å². The van der Waals surface area contributed by atoms with E-state index in [9.17, 15) is 14.4 Å². The van der Waals surface area contributed by atoms with Crippen molar-refractivity contribution in [3.05, 3.63) is 57.5 Å². The van der Waals surface area contributed by atoms with Crippen molar-refractivity contribution >= 4 is 22.8 Å². The Morgan fingerprint density at radius 1 is 1.16 bits per heavy atom. The molecule has 25 heavy (non-hydrogen) atoms. The number of amides is 1. The Kier molecular flexibility index (Phi) is 4.26. The molecule has 0 bridgehead atoms. The van der Waals surface area contributed by atoms with Gasteiger partial charge in [-0.1, -0.05) is 25.1 Å². The van der Waals surface area contributed by atoms with E-state index in [1.54, 1.807) is 19.2 Å². The van der Waals surface area contributed by atoms with Gasteiger partial charge in [0.1, 0.15) is 6.04 Å². The molecular formula is C17H19N5O3. The van der Waals surface area contributed by atoms with Crippen LogP contribution >= 0.6 is 0 Å². The Balaban J connectivity index is 2.09. The molecule has 1 unspecified atom stereocenters. The Bertz CT molecular complexity index is 1050. The minimum absolute atomic E-state index is 0.236. The lowest BCUT2D eigenvalue weighted by atomic mass is 10.2. The van der Waals surface area contributed by atoms with Gasteiger partial charge in [0.05, 0.1) is 6.33 Å². The molecule has 0 fully saturated rings. The Labute approximate surface area is 143 Å². The van der Waals surface area contributed by atoms with Crippen molar-refractivity contribution < 1.29 is 4.79 Å². The first-order chi connectivity index (χ1) is 12.0. The summed E-state index contributed by atoms with van der Waals surface area (Å²) in [6, 6.07) is 8.48. The maximum Gasteiger partial charge on any atom is 0.332 e. The number of aromatic nitrogens is 4. The molecule has 130 valence electrons. The lowest BCUT2D eigenvalue weighted by Crippen LogP contribution is -2.38. The van der Waals surface area contributed by atoms with E-state index >= 15 is 0 Å². The van der Waals surface area contributed by atoms with Crippen molar-refractivity contribution in [2.75, 3.05) is 5.32 Å². The van der Waals surface area contributed by atoms with Gasteiger partial charge < -0.3 is 9.88 Å². The van der Waals surface area contributed by atoms with Gasteiger partial charge in [0, 0.05) is 19.8 Å². The van der Waals surface area contributed by atoms with E-state index in [1.165, 1.54) is 22.5 Å². The Morgan fingerprint density at radius 2 is 1.84 bits per heavy atom. The first-order valence-electron chi connectivity index (χ1n) is 7.94. The minimum Gasteiger partial charge on any atom is -0.324 e. The van der Waals surface area contributed by atoms with Crippen LogP contribution in [0.5, 0.6) is 0 Å². The van der Waals surface area contributed by atoms with E-state index in [0.717, 1.165) is 4.57 Å². The SMILES string of the molecule is CCC(C(=O)Nc1ccccc1)n1cnc2c1c(=O)n(C)c(=O)n2C. The molecule has 0 aliphatic heterocycles. The molecule has 0 radical (unpaired) electrons. The van der Waals surface area contributed by atoms with Crippen LogP contribution in [0.3, 0.4) is 0 Å². The topological polar surface area (TPSA) is 90.9 Å². The quantitative estimate of drug-likeness (QED) is 0.767. The number of anilines is 1. The summed E-state index contributed by atoms with van der Waals surface area (Å²) in [6.07, 6.45) is 1.90. The standard InChI is InChI=1S/C17H19N5O3/c1-4-12(15(23)19-11-8-6-5-7-9-11)22-10-18-14-13(22)16(24)21(3)17(25)20(14)2/h5-10,12H,4H2,1-3H3,(H,19,23). The van der Waals surface area contributed by atoms with Gasteiger partial charge in [-0.25, -0.2) is 9.78 Å². The van der Waals surface area contributed by atoms with Crippen molar-refractivity contribution in [3.8, 4) is 0 Å². The van der Waals surface area contributed by atoms with Gasteiger partial charge in [-0.15, -0.1) is 0 Å². The highest BCUT2D eigenvalue weighted by molar-refractivity contribution is 5.94. The monoisotopic (exact) mass is 341 g/mol. The summed E-state index contributed by atoms with van der Waals surface area (Å²) < 4.78 is 3.85. The third-order valence-corrected chi connectivity index (χ3v) is 4.24. The number of benzene rings is 1. The Hall–Kier alpha value is -3.16.